The molecular weight excluding hydrogens is 138 g/mol. The van der Waals surface area contributed by atoms with Gasteiger partial charge in [0.05, 0.1) is 6.07 Å². The van der Waals surface area contributed by atoms with Crippen LogP contribution in [0.3, 0.4) is 0 Å². The molecule has 0 aliphatic carbocycles. The van der Waals surface area contributed by atoms with Gasteiger partial charge in [-0.15, -0.1) is 0 Å². The normalized spacial score (nSPS) is 12.5. The molecule has 0 rings (SSSR count). The molecule has 0 radical (unpaired) electrons. The molecule has 58 valence electrons. The Hall–Kier alpha value is -1.49. The van der Waals surface area contributed by atoms with Gasteiger partial charge in [0.2, 0.25) is 0 Å². The fourth-order valence-corrected chi connectivity index (χ4v) is 0.497. The van der Waals surface area contributed by atoms with E-state index in [0.29, 0.717) is 11.1 Å². The standard InChI is InChI=1S/C9H11NO/c1-4-9(6-10)5-7(2)8(3)11/h4-5,11H,3H2,1-2H3/b7-5-,9-4+. The summed E-state index contributed by atoms with van der Waals surface area (Å²) in [5.41, 5.74) is 1.14. The first-order valence-electron chi connectivity index (χ1n) is 3.24. The molecule has 0 aliphatic rings. The monoisotopic (exact) mass is 149 g/mol. The van der Waals surface area contributed by atoms with E-state index in [0.717, 1.165) is 0 Å². The molecular formula is C9H11NO. The lowest BCUT2D eigenvalue weighted by molar-refractivity contribution is 0.426. The minimum absolute atomic E-state index is 0.000370. The van der Waals surface area contributed by atoms with E-state index >= 15 is 0 Å². The molecule has 0 aliphatic heterocycles. The van der Waals surface area contributed by atoms with Crippen LogP contribution >= 0.6 is 0 Å². The summed E-state index contributed by atoms with van der Waals surface area (Å²) in [6.45, 7) is 6.79. The van der Waals surface area contributed by atoms with E-state index in [4.69, 9.17) is 10.4 Å². The first kappa shape index (κ1) is 9.51. The number of aliphatic hydroxyl groups is 1. The van der Waals surface area contributed by atoms with Crippen LogP contribution in [0.1, 0.15) is 13.8 Å². The van der Waals surface area contributed by atoms with Gasteiger partial charge in [-0.1, -0.05) is 12.7 Å². The maximum Gasteiger partial charge on any atom is 0.111 e. The molecule has 0 saturated heterocycles. The molecule has 0 bridgehead atoms. The molecule has 0 spiro atoms. The lowest BCUT2D eigenvalue weighted by Crippen LogP contribution is -1.81. The average Bonchev–Trinajstić information content (AvgIpc) is 1.99. The first-order chi connectivity index (χ1) is 5.11. The number of allylic oxidation sites excluding steroid dienone is 4. The minimum Gasteiger partial charge on any atom is -0.508 e. The predicted octanol–water partition coefficient (Wildman–Crippen LogP) is 2.47. The minimum atomic E-state index is -0.000370. The summed E-state index contributed by atoms with van der Waals surface area (Å²) >= 11 is 0. The van der Waals surface area contributed by atoms with Gasteiger partial charge in [-0.05, 0) is 25.5 Å². The number of aliphatic hydroxyl groups excluding tert-OH is 1. The van der Waals surface area contributed by atoms with Crippen LogP contribution in [0.2, 0.25) is 0 Å². The number of hydrogen-bond acceptors (Lipinski definition) is 2. The fourth-order valence-electron chi connectivity index (χ4n) is 0.497. The topological polar surface area (TPSA) is 44.0 Å². The molecule has 0 fully saturated rings. The van der Waals surface area contributed by atoms with E-state index in [9.17, 15) is 0 Å². The van der Waals surface area contributed by atoms with Gasteiger partial charge < -0.3 is 5.11 Å². The summed E-state index contributed by atoms with van der Waals surface area (Å²) in [5, 5.41) is 17.3. The Morgan fingerprint density at radius 3 is 2.45 bits per heavy atom. The summed E-state index contributed by atoms with van der Waals surface area (Å²) in [6, 6.07) is 1.97. The van der Waals surface area contributed by atoms with Crippen LogP contribution < -0.4 is 0 Å². The van der Waals surface area contributed by atoms with Crippen LogP contribution in [0.5, 0.6) is 0 Å². The van der Waals surface area contributed by atoms with E-state index in [2.05, 4.69) is 6.58 Å². The molecule has 2 nitrogen and oxygen atoms in total. The molecule has 0 amide bonds. The summed E-state index contributed by atoms with van der Waals surface area (Å²) < 4.78 is 0. The highest BCUT2D eigenvalue weighted by atomic mass is 16.3. The van der Waals surface area contributed by atoms with Gasteiger partial charge in [0.25, 0.3) is 0 Å². The molecule has 0 atom stereocenters. The fraction of sp³-hybridized carbons (Fsp3) is 0.222. The van der Waals surface area contributed by atoms with E-state index in [1.54, 1.807) is 26.0 Å². The second kappa shape index (κ2) is 4.35. The van der Waals surface area contributed by atoms with Crippen molar-refractivity contribution in [3.63, 3.8) is 0 Å². The zero-order valence-corrected chi connectivity index (χ0v) is 6.76. The van der Waals surface area contributed by atoms with Crippen molar-refractivity contribution in [2.75, 3.05) is 0 Å². The quantitative estimate of drug-likeness (QED) is 0.372. The highest BCUT2D eigenvalue weighted by Crippen LogP contribution is 2.06. The summed E-state index contributed by atoms with van der Waals surface area (Å²) in [4.78, 5) is 0. The maximum absolute atomic E-state index is 8.86. The van der Waals surface area contributed by atoms with Crippen LogP contribution in [0.15, 0.2) is 35.6 Å². The lowest BCUT2D eigenvalue weighted by atomic mass is 10.1. The summed E-state index contributed by atoms with van der Waals surface area (Å²) in [5.74, 6) is -0.000370. The summed E-state index contributed by atoms with van der Waals surface area (Å²) in [7, 11) is 0. The smallest absolute Gasteiger partial charge is 0.111 e. The van der Waals surface area contributed by atoms with E-state index in [1.165, 1.54) is 0 Å². The molecule has 1 N–H and O–H groups in total. The SMILES string of the molecule is C=C(O)/C(C)=C\C(C#N)=C/C. The number of nitrogens with zero attached hydrogens (tertiary/aromatic N) is 1. The third-order valence-corrected chi connectivity index (χ3v) is 1.27. The zero-order chi connectivity index (χ0) is 8.85. The molecule has 2 heteroatoms. The van der Waals surface area contributed by atoms with Crippen molar-refractivity contribution in [1.82, 2.24) is 0 Å². The largest absolute Gasteiger partial charge is 0.508 e. The highest BCUT2D eigenvalue weighted by Gasteiger charge is 1.93. The van der Waals surface area contributed by atoms with Gasteiger partial charge in [-0.3, -0.25) is 0 Å². The number of hydrogen-bond donors (Lipinski definition) is 1. The van der Waals surface area contributed by atoms with Crippen molar-refractivity contribution in [3.8, 4) is 6.07 Å². The second-order valence-electron chi connectivity index (χ2n) is 2.13. The lowest BCUT2D eigenvalue weighted by Gasteiger charge is -1.95. The Bertz CT molecular complexity index is 253. The number of rotatable bonds is 2. The van der Waals surface area contributed by atoms with Crippen molar-refractivity contribution in [3.05, 3.63) is 35.6 Å². The van der Waals surface area contributed by atoms with Gasteiger partial charge in [0, 0.05) is 5.57 Å². The van der Waals surface area contributed by atoms with Crippen LogP contribution in [0, 0.1) is 11.3 Å². The molecule has 0 aromatic rings. The van der Waals surface area contributed by atoms with Gasteiger partial charge in [0.15, 0.2) is 0 Å². The summed E-state index contributed by atoms with van der Waals surface area (Å²) in [6.07, 6.45) is 3.26. The molecule has 11 heavy (non-hydrogen) atoms. The zero-order valence-electron chi connectivity index (χ0n) is 6.76. The van der Waals surface area contributed by atoms with Crippen molar-refractivity contribution < 1.29 is 5.11 Å². The average molecular weight is 149 g/mol. The van der Waals surface area contributed by atoms with Crippen molar-refractivity contribution in [2.45, 2.75) is 13.8 Å². The first-order valence-corrected chi connectivity index (χ1v) is 3.24. The van der Waals surface area contributed by atoms with Crippen molar-refractivity contribution in [1.29, 1.82) is 5.26 Å². The molecule has 0 aromatic carbocycles. The molecule has 0 unspecified atom stereocenters. The third kappa shape index (κ3) is 3.27. The molecule has 0 aromatic heterocycles. The van der Waals surface area contributed by atoms with E-state index < -0.39 is 0 Å². The Kier molecular flexibility index (Phi) is 3.76. The van der Waals surface area contributed by atoms with Gasteiger partial charge in [0.1, 0.15) is 5.76 Å². The van der Waals surface area contributed by atoms with Crippen LogP contribution in [-0.2, 0) is 0 Å². The van der Waals surface area contributed by atoms with Crippen molar-refractivity contribution in [2.24, 2.45) is 0 Å². The van der Waals surface area contributed by atoms with Crippen LogP contribution in [-0.4, -0.2) is 5.11 Å². The second-order valence-corrected chi connectivity index (χ2v) is 2.13. The number of nitriles is 1. The Balaban J connectivity index is 4.58. The highest BCUT2D eigenvalue weighted by molar-refractivity contribution is 5.38. The Labute approximate surface area is 66.8 Å². The van der Waals surface area contributed by atoms with Crippen LogP contribution in [0.25, 0.3) is 0 Å². The predicted molar refractivity (Wildman–Crippen MR) is 44.9 cm³/mol. The van der Waals surface area contributed by atoms with Gasteiger partial charge in [-0.25, -0.2) is 0 Å². The van der Waals surface area contributed by atoms with Gasteiger partial charge >= 0.3 is 0 Å². The Morgan fingerprint density at radius 1 is 1.64 bits per heavy atom. The Morgan fingerprint density at radius 2 is 2.18 bits per heavy atom. The molecule has 0 heterocycles. The van der Waals surface area contributed by atoms with Crippen LogP contribution in [0.4, 0.5) is 0 Å². The maximum atomic E-state index is 8.86. The van der Waals surface area contributed by atoms with E-state index in [1.807, 2.05) is 6.07 Å². The van der Waals surface area contributed by atoms with Gasteiger partial charge in [-0.2, -0.15) is 5.26 Å². The molecule has 0 saturated carbocycles. The van der Waals surface area contributed by atoms with E-state index in [-0.39, 0.29) is 5.76 Å². The third-order valence-electron chi connectivity index (χ3n) is 1.27. The van der Waals surface area contributed by atoms with Crippen molar-refractivity contribution >= 4 is 0 Å².